The minimum atomic E-state index is -0.761. The number of nitrogens with one attached hydrogen (secondary N) is 2. The number of nitrogens with zero attached hydrogens (tertiary/aromatic N) is 1. The summed E-state index contributed by atoms with van der Waals surface area (Å²) >= 11 is 0. The van der Waals surface area contributed by atoms with Crippen molar-refractivity contribution in [2.75, 3.05) is 13.1 Å². The molecule has 0 rings (SSSR count). The van der Waals surface area contributed by atoms with Gasteiger partial charge in [0, 0.05) is 13.1 Å². The molecule has 0 spiro atoms. The fraction of sp³-hybridized carbons (Fsp3) is 0.944. The summed E-state index contributed by atoms with van der Waals surface area (Å²) in [5, 5.41) is 11.1. The summed E-state index contributed by atoms with van der Waals surface area (Å²) < 4.78 is 0. The van der Waals surface area contributed by atoms with Crippen LogP contribution in [-0.4, -0.2) is 35.3 Å². The van der Waals surface area contributed by atoms with E-state index in [-0.39, 0.29) is 0 Å². The van der Waals surface area contributed by atoms with Gasteiger partial charge in [0.05, 0.1) is 0 Å². The lowest BCUT2D eigenvalue weighted by Crippen LogP contribution is -2.56. The van der Waals surface area contributed by atoms with Crippen molar-refractivity contribution in [3.63, 3.8) is 0 Å². The van der Waals surface area contributed by atoms with Crippen LogP contribution in [0.3, 0.4) is 0 Å². The number of carboxylic acid groups (broad SMARTS) is 1. The molecule has 0 aromatic rings. The van der Waals surface area contributed by atoms with E-state index < -0.39 is 12.0 Å². The summed E-state index contributed by atoms with van der Waals surface area (Å²) in [6, 6.07) is -0.496. The molecule has 0 aliphatic carbocycles. The number of rotatable bonds is 17. The highest BCUT2D eigenvalue weighted by Crippen LogP contribution is 2.13. The standard InChI is InChI=1S/C18H39N3O2/c1-4-7-8-9-10-11-12-13-14-15-16-17(18(22)23)21(19-5-2)20-6-3/h17,19-20H,4-16H2,1-3H3,(H,22,23). The maximum atomic E-state index is 11.5. The molecule has 0 radical (unpaired) electrons. The smallest absolute Gasteiger partial charge is 0.323 e. The molecule has 0 saturated carbocycles. The molecule has 0 heterocycles. The van der Waals surface area contributed by atoms with Crippen molar-refractivity contribution in [3.05, 3.63) is 0 Å². The Labute approximate surface area is 143 Å². The number of carboxylic acids is 1. The van der Waals surface area contributed by atoms with E-state index in [0.29, 0.717) is 6.42 Å². The largest absolute Gasteiger partial charge is 0.480 e. The fourth-order valence-corrected chi connectivity index (χ4v) is 2.81. The normalized spacial score (nSPS) is 12.7. The van der Waals surface area contributed by atoms with Gasteiger partial charge in [-0.1, -0.05) is 85.0 Å². The number of carbonyl (C=O) groups is 1. The monoisotopic (exact) mass is 329 g/mol. The van der Waals surface area contributed by atoms with Crippen molar-refractivity contribution in [1.29, 1.82) is 0 Å². The summed E-state index contributed by atoms with van der Waals surface area (Å²) in [4.78, 5) is 11.5. The molecule has 1 unspecified atom stereocenters. The SMILES string of the molecule is CCCCCCCCCCCCC(C(=O)O)N(NCC)NCC. The molecule has 23 heavy (non-hydrogen) atoms. The molecule has 0 saturated heterocycles. The van der Waals surface area contributed by atoms with Crippen LogP contribution in [0, 0.1) is 0 Å². The lowest BCUT2D eigenvalue weighted by Gasteiger charge is -2.29. The Morgan fingerprint density at radius 2 is 1.26 bits per heavy atom. The zero-order chi connectivity index (χ0) is 17.3. The van der Waals surface area contributed by atoms with E-state index in [2.05, 4.69) is 17.8 Å². The number of hydrazine groups is 2. The molecule has 0 fully saturated rings. The molecule has 5 heteroatoms. The van der Waals surface area contributed by atoms with Crippen molar-refractivity contribution in [2.45, 2.75) is 97.4 Å². The van der Waals surface area contributed by atoms with Crippen molar-refractivity contribution in [2.24, 2.45) is 0 Å². The third-order valence-corrected chi connectivity index (χ3v) is 4.08. The van der Waals surface area contributed by atoms with Gasteiger partial charge in [-0.05, 0) is 6.42 Å². The average Bonchev–Trinajstić information content (AvgIpc) is 2.52. The molecule has 3 N–H and O–H groups in total. The quantitative estimate of drug-likeness (QED) is 0.277. The van der Waals surface area contributed by atoms with E-state index in [4.69, 9.17) is 0 Å². The molecule has 0 amide bonds. The van der Waals surface area contributed by atoms with Gasteiger partial charge in [-0.2, -0.15) is 5.12 Å². The Morgan fingerprint density at radius 1 is 0.826 bits per heavy atom. The molecule has 0 aliphatic rings. The first-order valence-corrected chi connectivity index (χ1v) is 9.66. The second-order valence-corrected chi connectivity index (χ2v) is 6.22. The number of aliphatic carboxylic acids is 1. The molecule has 0 aromatic carbocycles. The van der Waals surface area contributed by atoms with E-state index in [1.165, 1.54) is 51.4 Å². The van der Waals surface area contributed by atoms with Crippen LogP contribution in [0.2, 0.25) is 0 Å². The summed E-state index contributed by atoms with van der Waals surface area (Å²) in [5.41, 5.74) is 6.18. The van der Waals surface area contributed by atoms with Crippen molar-refractivity contribution in [3.8, 4) is 0 Å². The van der Waals surface area contributed by atoms with Crippen LogP contribution in [0.1, 0.15) is 91.4 Å². The van der Waals surface area contributed by atoms with Gasteiger partial charge >= 0.3 is 5.97 Å². The van der Waals surface area contributed by atoms with E-state index in [0.717, 1.165) is 25.9 Å². The molecule has 5 nitrogen and oxygen atoms in total. The minimum absolute atomic E-state index is 0.496. The predicted octanol–water partition coefficient (Wildman–Crippen LogP) is 4.10. The molecule has 1 atom stereocenters. The summed E-state index contributed by atoms with van der Waals surface area (Å²) in [7, 11) is 0. The lowest BCUT2D eigenvalue weighted by atomic mass is 10.0. The third-order valence-electron chi connectivity index (χ3n) is 4.08. The molecular formula is C18H39N3O2. The summed E-state index contributed by atoms with van der Waals surface area (Å²) in [6.07, 6.45) is 13.4. The van der Waals surface area contributed by atoms with Gasteiger partial charge in [-0.15, -0.1) is 0 Å². The number of unbranched alkanes of at least 4 members (excludes halogenated alkanes) is 9. The Balaban J connectivity index is 3.77. The van der Waals surface area contributed by atoms with Crippen molar-refractivity contribution >= 4 is 5.97 Å². The average molecular weight is 330 g/mol. The van der Waals surface area contributed by atoms with Gasteiger partial charge < -0.3 is 5.11 Å². The fourth-order valence-electron chi connectivity index (χ4n) is 2.81. The number of hydrogen-bond acceptors (Lipinski definition) is 4. The van der Waals surface area contributed by atoms with E-state index >= 15 is 0 Å². The summed E-state index contributed by atoms with van der Waals surface area (Å²) in [6.45, 7) is 7.63. The van der Waals surface area contributed by atoms with E-state index in [1.54, 1.807) is 5.12 Å². The van der Waals surface area contributed by atoms with Crippen LogP contribution in [0.15, 0.2) is 0 Å². The van der Waals surface area contributed by atoms with Gasteiger partial charge in [-0.3, -0.25) is 4.79 Å². The van der Waals surface area contributed by atoms with Crippen LogP contribution in [0.25, 0.3) is 0 Å². The molecule has 0 aliphatic heterocycles. The molecular weight excluding hydrogens is 290 g/mol. The maximum Gasteiger partial charge on any atom is 0.323 e. The zero-order valence-corrected chi connectivity index (χ0v) is 15.6. The van der Waals surface area contributed by atoms with Gasteiger partial charge in [0.1, 0.15) is 6.04 Å². The van der Waals surface area contributed by atoms with Gasteiger partial charge in [-0.25, -0.2) is 10.9 Å². The Morgan fingerprint density at radius 3 is 1.65 bits per heavy atom. The first-order valence-electron chi connectivity index (χ1n) is 9.66. The van der Waals surface area contributed by atoms with Crippen molar-refractivity contribution in [1.82, 2.24) is 16.0 Å². The van der Waals surface area contributed by atoms with Crippen LogP contribution in [0.5, 0.6) is 0 Å². The molecule has 0 bridgehead atoms. The zero-order valence-electron chi connectivity index (χ0n) is 15.6. The number of hydrogen-bond donors (Lipinski definition) is 3. The van der Waals surface area contributed by atoms with Crippen LogP contribution < -0.4 is 10.9 Å². The lowest BCUT2D eigenvalue weighted by molar-refractivity contribution is -0.147. The molecule has 138 valence electrons. The molecule has 0 aromatic heterocycles. The van der Waals surface area contributed by atoms with Crippen LogP contribution in [-0.2, 0) is 4.79 Å². The van der Waals surface area contributed by atoms with E-state index in [1.807, 2.05) is 13.8 Å². The highest BCUT2D eigenvalue weighted by Gasteiger charge is 2.24. The summed E-state index contributed by atoms with van der Waals surface area (Å²) in [5.74, 6) is -0.761. The highest BCUT2D eigenvalue weighted by molar-refractivity contribution is 5.73. The Hall–Kier alpha value is -0.650. The van der Waals surface area contributed by atoms with Gasteiger partial charge in [0.25, 0.3) is 0 Å². The van der Waals surface area contributed by atoms with Gasteiger partial charge in [0.15, 0.2) is 0 Å². The van der Waals surface area contributed by atoms with Crippen LogP contribution in [0.4, 0.5) is 0 Å². The maximum absolute atomic E-state index is 11.5. The second kappa shape index (κ2) is 16.2. The Kier molecular flexibility index (Phi) is 15.8. The first-order chi connectivity index (χ1) is 11.2. The topological polar surface area (TPSA) is 64.6 Å². The van der Waals surface area contributed by atoms with E-state index in [9.17, 15) is 9.90 Å². The second-order valence-electron chi connectivity index (χ2n) is 6.22. The minimum Gasteiger partial charge on any atom is -0.480 e. The highest BCUT2D eigenvalue weighted by atomic mass is 16.4. The van der Waals surface area contributed by atoms with Gasteiger partial charge in [0.2, 0.25) is 0 Å². The first kappa shape index (κ1) is 22.4. The van der Waals surface area contributed by atoms with Crippen LogP contribution >= 0.6 is 0 Å². The van der Waals surface area contributed by atoms with Crippen molar-refractivity contribution < 1.29 is 9.90 Å². The predicted molar refractivity (Wildman–Crippen MR) is 97.1 cm³/mol. The third kappa shape index (κ3) is 12.4. The Bertz CT molecular complexity index is 269.